The molecule has 0 aliphatic carbocycles. The summed E-state index contributed by atoms with van der Waals surface area (Å²) in [4.78, 5) is 35.7. The van der Waals surface area contributed by atoms with E-state index >= 15 is 0 Å². The molecule has 1 aromatic carbocycles. The number of hydrogen-bond donors (Lipinski definition) is 0. The molecule has 5 nitrogen and oxygen atoms in total. The van der Waals surface area contributed by atoms with Crippen LogP contribution < -0.4 is 0 Å². The Labute approximate surface area is 114 Å². The summed E-state index contributed by atoms with van der Waals surface area (Å²) in [5, 5.41) is -0.238. The van der Waals surface area contributed by atoms with E-state index in [-0.39, 0.29) is 35.8 Å². The number of carbonyl (C=O) groups excluding carboxylic acids is 3. The monoisotopic (exact) mass is 279 g/mol. The Bertz CT molecular complexity index is 513. The highest BCUT2D eigenvalue weighted by molar-refractivity contribution is 8.14. The molecule has 0 atom stereocenters. The third-order valence-electron chi connectivity index (χ3n) is 2.85. The van der Waals surface area contributed by atoms with Crippen LogP contribution in [0.4, 0.5) is 4.79 Å². The summed E-state index contributed by atoms with van der Waals surface area (Å²) in [5.74, 6) is -0.346. The van der Waals surface area contributed by atoms with E-state index in [1.807, 2.05) is 18.2 Å². The normalized spacial score (nSPS) is 14.9. The number of imide groups is 1. The maximum Gasteiger partial charge on any atom is 0.309 e. The van der Waals surface area contributed by atoms with Gasteiger partial charge in [0.05, 0.1) is 25.8 Å². The average molecular weight is 279 g/mol. The second-order valence-corrected chi connectivity index (χ2v) is 4.98. The van der Waals surface area contributed by atoms with Crippen molar-refractivity contribution in [3.63, 3.8) is 0 Å². The topological polar surface area (TPSA) is 63.7 Å². The number of hydrogen-bond acceptors (Lipinski definition) is 5. The molecular weight excluding hydrogens is 266 g/mol. The Morgan fingerprint density at radius 3 is 2.58 bits per heavy atom. The summed E-state index contributed by atoms with van der Waals surface area (Å²) in [7, 11) is 1.33. The van der Waals surface area contributed by atoms with Gasteiger partial charge in [0.1, 0.15) is 0 Å². The van der Waals surface area contributed by atoms with E-state index in [1.165, 1.54) is 12.0 Å². The summed E-state index contributed by atoms with van der Waals surface area (Å²) >= 11 is 1.00. The van der Waals surface area contributed by atoms with Crippen LogP contribution >= 0.6 is 11.8 Å². The van der Waals surface area contributed by atoms with Crippen molar-refractivity contribution in [3.05, 3.63) is 35.4 Å². The molecule has 0 N–H and O–H groups in total. The van der Waals surface area contributed by atoms with Crippen LogP contribution in [0.5, 0.6) is 0 Å². The van der Waals surface area contributed by atoms with E-state index < -0.39 is 0 Å². The fourth-order valence-corrected chi connectivity index (χ4v) is 2.54. The lowest BCUT2D eigenvalue weighted by molar-refractivity contribution is -0.139. The first kappa shape index (κ1) is 13.6. The number of ether oxygens (including phenoxy) is 1. The highest BCUT2D eigenvalue weighted by Gasteiger charge is 2.30. The molecule has 0 aromatic heterocycles. The van der Waals surface area contributed by atoms with Gasteiger partial charge in [0.2, 0.25) is 5.91 Å². The van der Waals surface area contributed by atoms with Gasteiger partial charge in [-0.1, -0.05) is 36.0 Å². The zero-order valence-corrected chi connectivity index (χ0v) is 11.2. The van der Waals surface area contributed by atoms with Gasteiger partial charge >= 0.3 is 5.97 Å². The van der Waals surface area contributed by atoms with Gasteiger partial charge in [-0.25, -0.2) is 0 Å². The van der Waals surface area contributed by atoms with Gasteiger partial charge in [-0.05, 0) is 11.1 Å². The quantitative estimate of drug-likeness (QED) is 0.783. The van der Waals surface area contributed by atoms with Crippen molar-refractivity contribution in [3.8, 4) is 0 Å². The molecule has 19 heavy (non-hydrogen) atoms. The Morgan fingerprint density at radius 1 is 1.32 bits per heavy atom. The standard InChI is InChI=1S/C13H13NO4S/c1-18-12(16)6-9-4-2-3-5-10(9)7-14-11(15)8-19-13(14)17/h2-5H,6-8H2,1H3. The first-order valence-corrected chi connectivity index (χ1v) is 6.71. The number of nitrogens with zero attached hydrogens (tertiary/aromatic N) is 1. The van der Waals surface area contributed by atoms with E-state index in [0.717, 1.165) is 22.9 Å². The van der Waals surface area contributed by atoms with Gasteiger partial charge in [0.25, 0.3) is 5.24 Å². The number of carbonyl (C=O) groups is 3. The zero-order valence-electron chi connectivity index (χ0n) is 10.4. The van der Waals surface area contributed by atoms with Crippen molar-refractivity contribution in [1.29, 1.82) is 0 Å². The van der Waals surface area contributed by atoms with E-state index in [1.54, 1.807) is 6.07 Å². The molecule has 1 aliphatic heterocycles. The SMILES string of the molecule is COC(=O)Cc1ccccc1CN1C(=O)CSC1=O. The number of benzene rings is 1. The second kappa shape index (κ2) is 5.88. The second-order valence-electron chi connectivity index (χ2n) is 4.06. The molecular formula is C13H13NO4S. The minimum atomic E-state index is -0.346. The van der Waals surface area contributed by atoms with E-state index in [9.17, 15) is 14.4 Å². The van der Waals surface area contributed by atoms with Crippen molar-refractivity contribution < 1.29 is 19.1 Å². The lowest BCUT2D eigenvalue weighted by Crippen LogP contribution is -2.28. The third-order valence-corrected chi connectivity index (χ3v) is 3.71. The van der Waals surface area contributed by atoms with Gasteiger partial charge < -0.3 is 4.74 Å². The third kappa shape index (κ3) is 3.14. The lowest BCUT2D eigenvalue weighted by atomic mass is 10.0. The molecule has 2 rings (SSSR count). The fourth-order valence-electron chi connectivity index (χ4n) is 1.82. The van der Waals surface area contributed by atoms with Crippen LogP contribution in [-0.4, -0.2) is 34.9 Å². The van der Waals surface area contributed by atoms with Crippen molar-refractivity contribution >= 4 is 28.9 Å². The molecule has 2 amide bonds. The minimum Gasteiger partial charge on any atom is -0.469 e. The van der Waals surface area contributed by atoms with Crippen molar-refractivity contribution in [2.75, 3.05) is 12.9 Å². The number of methoxy groups -OCH3 is 1. The number of esters is 1. The first-order chi connectivity index (χ1) is 9.11. The number of thioether (sulfide) groups is 1. The van der Waals surface area contributed by atoms with Crippen molar-refractivity contribution in [2.45, 2.75) is 13.0 Å². The van der Waals surface area contributed by atoms with Gasteiger partial charge in [0.15, 0.2) is 0 Å². The largest absolute Gasteiger partial charge is 0.469 e. The van der Waals surface area contributed by atoms with Gasteiger partial charge in [-0.3, -0.25) is 19.3 Å². The van der Waals surface area contributed by atoms with Crippen molar-refractivity contribution in [2.24, 2.45) is 0 Å². The summed E-state index contributed by atoms with van der Waals surface area (Å²) in [5.41, 5.74) is 1.56. The van der Waals surface area contributed by atoms with Crippen LogP contribution in [0.3, 0.4) is 0 Å². The average Bonchev–Trinajstić information content (AvgIpc) is 2.72. The fraction of sp³-hybridized carbons (Fsp3) is 0.308. The smallest absolute Gasteiger partial charge is 0.309 e. The summed E-state index contributed by atoms with van der Waals surface area (Å²) in [6, 6.07) is 7.23. The van der Waals surface area contributed by atoms with Gasteiger partial charge in [0, 0.05) is 0 Å². The van der Waals surface area contributed by atoms with E-state index in [2.05, 4.69) is 4.74 Å². The van der Waals surface area contributed by atoms with Crippen molar-refractivity contribution in [1.82, 2.24) is 4.90 Å². The first-order valence-electron chi connectivity index (χ1n) is 5.72. The van der Waals surface area contributed by atoms with E-state index in [4.69, 9.17) is 0 Å². The minimum absolute atomic E-state index is 0.135. The maximum atomic E-state index is 11.6. The molecule has 1 heterocycles. The van der Waals surface area contributed by atoms with E-state index in [0.29, 0.717) is 0 Å². The molecule has 0 unspecified atom stereocenters. The Morgan fingerprint density at radius 2 is 2.00 bits per heavy atom. The van der Waals surface area contributed by atoms with Crippen LogP contribution in [0, 0.1) is 0 Å². The predicted molar refractivity (Wildman–Crippen MR) is 70.6 cm³/mol. The molecule has 1 aliphatic rings. The summed E-state index contributed by atoms with van der Waals surface area (Å²) < 4.78 is 4.63. The molecule has 1 saturated heterocycles. The highest BCUT2D eigenvalue weighted by Crippen LogP contribution is 2.22. The molecule has 1 aromatic rings. The van der Waals surface area contributed by atoms with Crippen LogP contribution in [0.25, 0.3) is 0 Å². The molecule has 0 bridgehead atoms. The summed E-state index contributed by atoms with van der Waals surface area (Å²) in [6.45, 7) is 0.206. The van der Waals surface area contributed by atoms with Crippen LogP contribution in [0.1, 0.15) is 11.1 Å². The Hall–Kier alpha value is -1.82. The highest BCUT2D eigenvalue weighted by atomic mass is 32.2. The zero-order chi connectivity index (χ0) is 13.8. The predicted octanol–water partition coefficient (Wildman–Crippen LogP) is 1.60. The Balaban J connectivity index is 2.18. The van der Waals surface area contributed by atoms with Crippen LogP contribution in [0.15, 0.2) is 24.3 Å². The molecule has 0 saturated carbocycles. The maximum absolute atomic E-state index is 11.6. The molecule has 1 fully saturated rings. The Kier molecular flexibility index (Phi) is 4.21. The van der Waals surface area contributed by atoms with Crippen LogP contribution in [-0.2, 0) is 27.3 Å². The summed E-state index contributed by atoms with van der Waals surface area (Å²) in [6.07, 6.45) is 0.135. The number of rotatable bonds is 4. The molecule has 100 valence electrons. The molecule has 0 radical (unpaired) electrons. The van der Waals surface area contributed by atoms with Gasteiger partial charge in [-0.2, -0.15) is 0 Å². The molecule has 6 heteroatoms. The lowest BCUT2D eigenvalue weighted by Gasteiger charge is -2.15. The van der Waals surface area contributed by atoms with Crippen LogP contribution in [0.2, 0.25) is 0 Å². The van der Waals surface area contributed by atoms with Gasteiger partial charge in [-0.15, -0.1) is 0 Å². The number of amides is 2. The molecule has 0 spiro atoms.